The minimum Gasteiger partial charge on any atom is -0.364 e. The van der Waals surface area contributed by atoms with Gasteiger partial charge in [-0.2, -0.15) is 4.37 Å². The van der Waals surface area contributed by atoms with Crippen LogP contribution in [0.5, 0.6) is 0 Å². The van der Waals surface area contributed by atoms with E-state index in [0.717, 1.165) is 35.6 Å². The standard InChI is InChI=1S/C19H28N8O2S/c1-10-11(2)25-30-18(10)24-17-15(16(20)28)21-9-14(23-17)27-8-6-7-13(12(27)3)22-19(29)26(4)5/h9,12-13H,6-8H2,1-5H3,(H2,20,28)(H,22,29)(H,23,24)/t12-,13-/m1/s1. The molecule has 1 fully saturated rings. The van der Waals surface area contributed by atoms with E-state index in [-0.39, 0.29) is 23.8 Å². The van der Waals surface area contributed by atoms with Crippen LogP contribution in [0.2, 0.25) is 0 Å². The van der Waals surface area contributed by atoms with Gasteiger partial charge in [-0.1, -0.05) is 0 Å². The summed E-state index contributed by atoms with van der Waals surface area (Å²) in [7, 11) is 3.44. The zero-order chi connectivity index (χ0) is 22.0. The Morgan fingerprint density at radius 3 is 2.67 bits per heavy atom. The number of nitrogens with one attached hydrogen (secondary N) is 2. The largest absolute Gasteiger partial charge is 0.364 e. The molecule has 0 radical (unpaired) electrons. The van der Waals surface area contributed by atoms with Crippen LogP contribution in [0.4, 0.5) is 21.4 Å². The number of carbonyl (C=O) groups is 2. The summed E-state index contributed by atoms with van der Waals surface area (Å²) < 4.78 is 4.32. The van der Waals surface area contributed by atoms with Gasteiger partial charge in [0, 0.05) is 32.2 Å². The highest BCUT2D eigenvalue weighted by atomic mass is 32.1. The summed E-state index contributed by atoms with van der Waals surface area (Å²) >= 11 is 1.30. The molecule has 1 aliphatic rings. The van der Waals surface area contributed by atoms with Gasteiger partial charge in [-0.25, -0.2) is 14.8 Å². The maximum atomic E-state index is 12.1. The van der Waals surface area contributed by atoms with Crippen LogP contribution in [-0.2, 0) is 0 Å². The molecule has 162 valence electrons. The van der Waals surface area contributed by atoms with Crippen molar-refractivity contribution in [1.29, 1.82) is 0 Å². The lowest BCUT2D eigenvalue weighted by atomic mass is 9.97. The molecule has 0 spiro atoms. The van der Waals surface area contributed by atoms with Gasteiger partial charge in [0.25, 0.3) is 5.91 Å². The average molecular weight is 433 g/mol. The maximum absolute atomic E-state index is 12.1. The highest BCUT2D eigenvalue weighted by molar-refractivity contribution is 7.10. The van der Waals surface area contributed by atoms with Crippen molar-refractivity contribution < 1.29 is 9.59 Å². The third kappa shape index (κ3) is 4.45. The zero-order valence-corrected chi connectivity index (χ0v) is 18.7. The second-order valence-corrected chi connectivity index (χ2v) is 8.44. The summed E-state index contributed by atoms with van der Waals surface area (Å²) in [6.07, 6.45) is 3.34. The van der Waals surface area contributed by atoms with Crippen molar-refractivity contribution in [3.8, 4) is 0 Å². The molecule has 0 bridgehead atoms. The number of urea groups is 1. The number of carbonyl (C=O) groups excluding carboxylic acids is 2. The molecular formula is C19H28N8O2S. The number of anilines is 3. The van der Waals surface area contributed by atoms with E-state index in [1.807, 2.05) is 20.8 Å². The third-order valence-corrected chi connectivity index (χ3v) is 6.34. The average Bonchev–Trinajstić information content (AvgIpc) is 3.01. The zero-order valence-electron chi connectivity index (χ0n) is 17.9. The van der Waals surface area contributed by atoms with Crippen molar-refractivity contribution >= 4 is 40.1 Å². The quantitative estimate of drug-likeness (QED) is 0.659. The van der Waals surface area contributed by atoms with Crippen LogP contribution in [0.25, 0.3) is 0 Å². The Balaban J connectivity index is 1.89. The normalized spacial score (nSPS) is 18.8. The Kier molecular flexibility index (Phi) is 6.40. The van der Waals surface area contributed by atoms with Gasteiger partial charge in [-0.05, 0) is 45.1 Å². The molecule has 0 aromatic carbocycles. The van der Waals surface area contributed by atoms with E-state index >= 15 is 0 Å². The molecule has 3 heterocycles. The van der Waals surface area contributed by atoms with Crippen LogP contribution < -0.4 is 21.3 Å². The van der Waals surface area contributed by atoms with Crippen molar-refractivity contribution in [3.63, 3.8) is 0 Å². The molecule has 1 saturated heterocycles. The first kappa shape index (κ1) is 21.8. The molecule has 0 saturated carbocycles. The Bertz CT molecular complexity index is 945. The first-order valence-electron chi connectivity index (χ1n) is 9.80. The fraction of sp³-hybridized carbons (Fsp3) is 0.526. The number of nitrogens with zero attached hydrogens (tertiary/aromatic N) is 5. The highest BCUT2D eigenvalue weighted by Crippen LogP contribution is 2.30. The number of piperidine rings is 1. The van der Waals surface area contributed by atoms with Gasteiger partial charge >= 0.3 is 6.03 Å². The molecule has 2 aromatic heterocycles. The number of rotatable bonds is 5. The molecule has 4 N–H and O–H groups in total. The predicted octanol–water partition coefficient (Wildman–Crippen LogP) is 2.02. The number of hydrogen-bond acceptors (Lipinski definition) is 8. The summed E-state index contributed by atoms with van der Waals surface area (Å²) in [6, 6.07) is -0.132. The van der Waals surface area contributed by atoms with Crippen molar-refractivity contribution in [2.75, 3.05) is 30.9 Å². The van der Waals surface area contributed by atoms with Crippen molar-refractivity contribution in [2.24, 2.45) is 5.73 Å². The molecule has 11 heteroatoms. The van der Waals surface area contributed by atoms with Gasteiger partial charge < -0.3 is 26.2 Å². The van der Waals surface area contributed by atoms with E-state index in [4.69, 9.17) is 5.73 Å². The first-order valence-corrected chi connectivity index (χ1v) is 10.6. The van der Waals surface area contributed by atoms with E-state index in [1.165, 1.54) is 16.4 Å². The van der Waals surface area contributed by atoms with E-state index in [2.05, 4.69) is 29.9 Å². The van der Waals surface area contributed by atoms with Crippen LogP contribution >= 0.6 is 11.5 Å². The van der Waals surface area contributed by atoms with Crippen LogP contribution in [0, 0.1) is 13.8 Å². The summed E-state index contributed by atoms with van der Waals surface area (Å²) in [5.41, 5.74) is 7.49. The van der Waals surface area contributed by atoms with Gasteiger partial charge in [0.05, 0.1) is 17.9 Å². The Labute approximate surface area is 180 Å². The topological polar surface area (TPSA) is 129 Å². The van der Waals surface area contributed by atoms with E-state index in [0.29, 0.717) is 11.6 Å². The van der Waals surface area contributed by atoms with Crippen molar-refractivity contribution in [1.82, 2.24) is 24.6 Å². The molecule has 2 atom stereocenters. The molecule has 3 amide bonds. The van der Waals surface area contributed by atoms with Gasteiger partial charge in [0.2, 0.25) is 0 Å². The molecule has 0 aliphatic carbocycles. The predicted molar refractivity (Wildman–Crippen MR) is 117 cm³/mol. The summed E-state index contributed by atoms with van der Waals surface area (Å²) in [5.74, 6) is 0.273. The second kappa shape index (κ2) is 8.82. The monoisotopic (exact) mass is 432 g/mol. The molecule has 0 unspecified atom stereocenters. The van der Waals surface area contributed by atoms with E-state index in [1.54, 1.807) is 20.3 Å². The molecule has 30 heavy (non-hydrogen) atoms. The van der Waals surface area contributed by atoms with Crippen LogP contribution in [-0.4, -0.2) is 63.9 Å². The Morgan fingerprint density at radius 1 is 1.33 bits per heavy atom. The second-order valence-electron chi connectivity index (χ2n) is 7.66. The van der Waals surface area contributed by atoms with Gasteiger partial charge in [0.1, 0.15) is 10.8 Å². The van der Waals surface area contributed by atoms with E-state index < -0.39 is 5.91 Å². The third-order valence-electron chi connectivity index (χ3n) is 5.38. The minimum atomic E-state index is -0.654. The number of aryl methyl sites for hydroxylation is 1. The van der Waals surface area contributed by atoms with E-state index in [9.17, 15) is 9.59 Å². The number of nitrogens with two attached hydrogens (primary N) is 1. The Hall–Kier alpha value is -2.95. The summed E-state index contributed by atoms with van der Waals surface area (Å²) in [6.45, 7) is 6.70. The molecule has 1 aliphatic heterocycles. The number of hydrogen-bond donors (Lipinski definition) is 3. The first-order chi connectivity index (χ1) is 14.2. The SMILES string of the molecule is Cc1nsc(Nc2nc(N3CCC[C@@H](NC(=O)N(C)C)[C@H]3C)cnc2C(N)=O)c1C. The number of aromatic nitrogens is 3. The lowest BCUT2D eigenvalue weighted by molar-refractivity contribution is 0.0996. The lowest BCUT2D eigenvalue weighted by Crippen LogP contribution is -2.56. The lowest BCUT2D eigenvalue weighted by Gasteiger charge is -2.40. The molecule has 3 rings (SSSR count). The van der Waals surface area contributed by atoms with Gasteiger partial charge in [-0.15, -0.1) is 0 Å². The summed E-state index contributed by atoms with van der Waals surface area (Å²) in [5, 5.41) is 7.03. The maximum Gasteiger partial charge on any atom is 0.317 e. The van der Waals surface area contributed by atoms with Crippen LogP contribution in [0.15, 0.2) is 6.20 Å². The Morgan fingerprint density at radius 2 is 2.07 bits per heavy atom. The van der Waals surface area contributed by atoms with Crippen molar-refractivity contribution in [3.05, 3.63) is 23.1 Å². The smallest absolute Gasteiger partial charge is 0.317 e. The number of primary amides is 1. The van der Waals surface area contributed by atoms with Crippen LogP contribution in [0.3, 0.4) is 0 Å². The highest BCUT2D eigenvalue weighted by Gasteiger charge is 2.31. The summed E-state index contributed by atoms with van der Waals surface area (Å²) in [4.78, 5) is 36.6. The van der Waals surface area contributed by atoms with Crippen molar-refractivity contribution in [2.45, 2.75) is 45.7 Å². The molecule has 10 nitrogen and oxygen atoms in total. The molecular weight excluding hydrogens is 404 g/mol. The fourth-order valence-electron chi connectivity index (χ4n) is 3.37. The fourth-order valence-corrected chi connectivity index (χ4v) is 4.16. The minimum absolute atomic E-state index is 0.0108. The molecule has 2 aromatic rings. The van der Waals surface area contributed by atoms with Crippen LogP contribution in [0.1, 0.15) is 41.5 Å². The van der Waals surface area contributed by atoms with Gasteiger partial charge in [0.15, 0.2) is 11.5 Å². The van der Waals surface area contributed by atoms with Gasteiger partial charge in [-0.3, -0.25) is 4.79 Å². The number of amides is 3.